The van der Waals surface area contributed by atoms with Crippen LogP contribution in [-0.4, -0.2) is 18.6 Å². The van der Waals surface area contributed by atoms with Crippen LogP contribution in [0.1, 0.15) is 50.5 Å². The Morgan fingerprint density at radius 3 is 2.65 bits per heavy atom. The number of fused-ring (bicyclic) bond motifs is 1. The molecule has 2 nitrogen and oxygen atoms in total. The molecular formula is C18H26N2. The molecule has 1 aromatic carbocycles. The van der Waals surface area contributed by atoms with Crippen molar-refractivity contribution in [3.05, 3.63) is 29.8 Å². The van der Waals surface area contributed by atoms with Crippen LogP contribution in [0.25, 0.3) is 0 Å². The lowest BCUT2D eigenvalue weighted by molar-refractivity contribution is 0.293. The van der Waals surface area contributed by atoms with Gasteiger partial charge in [-0.2, -0.15) is 0 Å². The van der Waals surface area contributed by atoms with E-state index in [2.05, 4.69) is 34.5 Å². The first-order valence-electron chi connectivity index (χ1n) is 8.43. The predicted octanol–water partition coefficient (Wildman–Crippen LogP) is 3.71. The second-order valence-electron chi connectivity index (χ2n) is 7.15. The van der Waals surface area contributed by atoms with E-state index in [1.807, 2.05) is 0 Å². The number of nitrogens with one attached hydrogen (secondary N) is 1. The highest BCUT2D eigenvalue weighted by molar-refractivity contribution is 5.55. The van der Waals surface area contributed by atoms with Crippen LogP contribution in [0.2, 0.25) is 0 Å². The SMILES string of the molecule is c1ccc2c(c1)CNC1(CCCC1)CN2CC1CCC1. The molecule has 1 aliphatic heterocycles. The molecule has 0 unspecified atom stereocenters. The molecule has 108 valence electrons. The van der Waals surface area contributed by atoms with Crippen LogP contribution >= 0.6 is 0 Å². The number of hydrogen-bond acceptors (Lipinski definition) is 2. The summed E-state index contributed by atoms with van der Waals surface area (Å²) in [7, 11) is 0. The molecule has 0 bridgehead atoms. The molecule has 2 aliphatic carbocycles. The topological polar surface area (TPSA) is 15.3 Å². The predicted molar refractivity (Wildman–Crippen MR) is 84.0 cm³/mol. The normalized spacial score (nSPS) is 25.3. The van der Waals surface area contributed by atoms with E-state index in [0.717, 1.165) is 12.5 Å². The summed E-state index contributed by atoms with van der Waals surface area (Å²) in [5.74, 6) is 0.944. The van der Waals surface area contributed by atoms with Crippen LogP contribution in [0.15, 0.2) is 24.3 Å². The van der Waals surface area contributed by atoms with Gasteiger partial charge in [-0.1, -0.05) is 37.5 Å². The molecule has 2 fully saturated rings. The van der Waals surface area contributed by atoms with E-state index in [1.54, 1.807) is 0 Å². The quantitative estimate of drug-likeness (QED) is 0.881. The van der Waals surface area contributed by atoms with E-state index in [1.165, 1.54) is 69.3 Å². The van der Waals surface area contributed by atoms with Crippen molar-refractivity contribution in [2.24, 2.45) is 5.92 Å². The van der Waals surface area contributed by atoms with E-state index in [0.29, 0.717) is 5.54 Å². The van der Waals surface area contributed by atoms with Gasteiger partial charge in [-0.25, -0.2) is 0 Å². The second-order valence-corrected chi connectivity index (χ2v) is 7.15. The first kappa shape index (κ1) is 12.7. The Hall–Kier alpha value is -1.02. The molecule has 1 N–H and O–H groups in total. The molecule has 1 spiro atoms. The van der Waals surface area contributed by atoms with Gasteiger partial charge in [0.25, 0.3) is 0 Å². The van der Waals surface area contributed by atoms with Gasteiger partial charge in [0.1, 0.15) is 0 Å². The molecule has 0 atom stereocenters. The van der Waals surface area contributed by atoms with E-state index in [-0.39, 0.29) is 0 Å². The Morgan fingerprint density at radius 2 is 1.90 bits per heavy atom. The van der Waals surface area contributed by atoms with Crippen molar-refractivity contribution in [2.45, 2.75) is 57.0 Å². The van der Waals surface area contributed by atoms with Crippen LogP contribution in [0.4, 0.5) is 5.69 Å². The Bertz CT molecular complexity index is 472. The molecule has 2 heteroatoms. The summed E-state index contributed by atoms with van der Waals surface area (Å²) < 4.78 is 0. The number of hydrogen-bond donors (Lipinski definition) is 1. The van der Waals surface area contributed by atoms with Gasteiger partial charge in [0.15, 0.2) is 0 Å². The minimum absolute atomic E-state index is 0.392. The van der Waals surface area contributed by atoms with Gasteiger partial charge in [-0.3, -0.25) is 0 Å². The van der Waals surface area contributed by atoms with Crippen LogP contribution in [-0.2, 0) is 6.54 Å². The first-order valence-corrected chi connectivity index (χ1v) is 8.43. The fraction of sp³-hybridized carbons (Fsp3) is 0.667. The van der Waals surface area contributed by atoms with Gasteiger partial charge in [-0.15, -0.1) is 0 Å². The van der Waals surface area contributed by atoms with E-state index < -0.39 is 0 Å². The molecule has 3 aliphatic rings. The third-order valence-corrected chi connectivity index (χ3v) is 5.74. The van der Waals surface area contributed by atoms with Crippen molar-refractivity contribution in [1.29, 1.82) is 0 Å². The van der Waals surface area contributed by atoms with Gasteiger partial charge >= 0.3 is 0 Å². The van der Waals surface area contributed by atoms with Crippen molar-refractivity contribution in [3.63, 3.8) is 0 Å². The van der Waals surface area contributed by atoms with Crippen molar-refractivity contribution in [2.75, 3.05) is 18.0 Å². The standard InChI is InChI=1S/C18H26N2/c1-2-9-17-16(8-1)12-19-18(10-3-4-11-18)14-20(17)13-15-6-5-7-15/h1-2,8-9,15,19H,3-7,10-14H2. The number of para-hydroxylation sites is 1. The molecule has 1 heterocycles. The van der Waals surface area contributed by atoms with Crippen LogP contribution < -0.4 is 10.2 Å². The summed E-state index contributed by atoms with van der Waals surface area (Å²) in [5, 5.41) is 3.91. The molecule has 1 aromatic rings. The Balaban J connectivity index is 1.63. The zero-order valence-corrected chi connectivity index (χ0v) is 12.4. The summed E-state index contributed by atoms with van der Waals surface area (Å²) >= 11 is 0. The zero-order chi connectivity index (χ0) is 13.4. The molecule has 20 heavy (non-hydrogen) atoms. The highest BCUT2D eigenvalue weighted by atomic mass is 15.2. The Kier molecular flexibility index (Phi) is 3.22. The van der Waals surface area contributed by atoms with Gasteiger partial charge in [0.2, 0.25) is 0 Å². The average Bonchev–Trinajstić information content (AvgIpc) is 2.82. The van der Waals surface area contributed by atoms with E-state index in [4.69, 9.17) is 0 Å². The maximum atomic E-state index is 3.91. The van der Waals surface area contributed by atoms with E-state index in [9.17, 15) is 0 Å². The smallest absolute Gasteiger partial charge is 0.0412 e. The fourth-order valence-corrected chi connectivity index (χ4v) is 4.29. The largest absolute Gasteiger partial charge is 0.369 e. The van der Waals surface area contributed by atoms with Crippen LogP contribution in [0, 0.1) is 5.92 Å². The molecular weight excluding hydrogens is 244 g/mol. The van der Waals surface area contributed by atoms with Gasteiger partial charge in [0.05, 0.1) is 0 Å². The van der Waals surface area contributed by atoms with E-state index >= 15 is 0 Å². The maximum absolute atomic E-state index is 3.91. The number of nitrogens with zero attached hydrogens (tertiary/aromatic N) is 1. The summed E-state index contributed by atoms with van der Waals surface area (Å²) in [6.45, 7) is 3.55. The fourth-order valence-electron chi connectivity index (χ4n) is 4.29. The lowest BCUT2D eigenvalue weighted by Crippen LogP contribution is -2.50. The molecule has 2 saturated carbocycles. The third-order valence-electron chi connectivity index (χ3n) is 5.74. The summed E-state index contributed by atoms with van der Waals surface area (Å²) in [6.07, 6.45) is 9.87. The molecule has 0 saturated heterocycles. The highest BCUT2D eigenvalue weighted by Gasteiger charge is 2.38. The highest BCUT2D eigenvalue weighted by Crippen LogP contribution is 2.37. The van der Waals surface area contributed by atoms with Crippen LogP contribution in [0.3, 0.4) is 0 Å². The maximum Gasteiger partial charge on any atom is 0.0412 e. The summed E-state index contributed by atoms with van der Waals surface area (Å²) in [4.78, 5) is 2.71. The number of rotatable bonds is 2. The zero-order valence-electron chi connectivity index (χ0n) is 12.4. The number of anilines is 1. The Morgan fingerprint density at radius 1 is 1.10 bits per heavy atom. The van der Waals surface area contributed by atoms with Crippen molar-refractivity contribution >= 4 is 5.69 Å². The summed E-state index contributed by atoms with van der Waals surface area (Å²) in [5.41, 5.74) is 3.38. The minimum atomic E-state index is 0.392. The van der Waals surface area contributed by atoms with Crippen molar-refractivity contribution in [1.82, 2.24) is 5.32 Å². The summed E-state index contributed by atoms with van der Waals surface area (Å²) in [6, 6.07) is 9.04. The van der Waals surface area contributed by atoms with Crippen molar-refractivity contribution < 1.29 is 0 Å². The third kappa shape index (κ3) is 2.24. The van der Waals surface area contributed by atoms with Crippen molar-refractivity contribution in [3.8, 4) is 0 Å². The van der Waals surface area contributed by atoms with Gasteiger partial charge in [0, 0.05) is 30.9 Å². The Labute approximate surface area is 122 Å². The molecule has 0 aromatic heterocycles. The first-order chi connectivity index (χ1) is 9.85. The molecule has 0 amide bonds. The number of benzene rings is 1. The lowest BCUT2D eigenvalue weighted by atomic mass is 9.84. The van der Waals surface area contributed by atoms with Gasteiger partial charge in [-0.05, 0) is 43.2 Å². The van der Waals surface area contributed by atoms with Gasteiger partial charge < -0.3 is 10.2 Å². The lowest BCUT2D eigenvalue weighted by Gasteiger charge is -2.38. The van der Waals surface area contributed by atoms with Crippen LogP contribution in [0.5, 0.6) is 0 Å². The minimum Gasteiger partial charge on any atom is -0.369 e. The monoisotopic (exact) mass is 270 g/mol. The molecule has 4 rings (SSSR count). The average molecular weight is 270 g/mol. The molecule has 0 radical (unpaired) electrons. The second kappa shape index (κ2) is 5.07.